The van der Waals surface area contributed by atoms with Crippen LogP contribution in [0.2, 0.25) is 0 Å². The Morgan fingerprint density at radius 1 is 1.25 bits per heavy atom. The first-order valence-electron chi connectivity index (χ1n) is 9.46. The van der Waals surface area contributed by atoms with E-state index in [-0.39, 0.29) is 5.75 Å². The molecule has 1 atom stereocenters. The average molecular weight is 397 g/mol. The number of anilines is 1. The third-order valence-corrected chi connectivity index (χ3v) is 6.08. The molecule has 1 fully saturated rings. The molecule has 3 aromatic rings. The second-order valence-electron chi connectivity index (χ2n) is 7.46. The van der Waals surface area contributed by atoms with Gasteiger partial charge in [0.05, 0.1) is 11.1 Å². The minimum Gasteiger partial charge on any atom is -0.507 e. The Hall–Kier alpha value is -2.58. The standard InChI is InChI=1S/C20H24N6OS/c1-12(2)17-11-26(7-6-21-17)20-22-10-16(24-25-20)15-5-4-14(8-18(15)27)19-13(3)9-23-28-19/h4-5,8-10,12,17,21,27H,6-7,11H2,1-3H3/t17-/m1/s1. The highest BCUT2D eigenvalue weighted by molar-refractivity contribution is 7.09. The average Bonchev–Trinajstić information content (AvgIpc) is 3.14. The highest BCUT2D eigenvalue weighted by Crippen LogP contribution is 2.34. The van der Waals surface area contributed by atoms with Crippen molar-refractivity contribution in [1.82, 2.24) is 24.9 Å². The number of aryl methyl sites for hydroxylation is 1. The third-order valence-electron chi connectivity index (χ3n) is 5.13. The maximum atomic E-state index is 10.5. The zero-order valence-corrected chi connectivity index (χ0v) is 17.1. The molecule has 3 heterocycles. The molecule has 146 valence electrons. The number of piperazine rings is 1. The SMILES string of the molecule is Cc1cnsc1-c1ccc(-c2cnc(N3CCN[C@@H](C(C)C)C3)nn2)c(O)c1. The summed E-state index contributed by atoms with van der Waals surface area (Å²) in [4.78, 5) is 7.72. The number of nitrogens with zero attached hydrogens (tertiary/aromatic N) is 5. The van der Waals surface area contributed by atoms with Gasteiger partial charge in [0.1, 0.15) is 11.4 Å². The van der Waals surface area contributed by atoms with Crippen LogP contribution in [0.4, 0.5) is 5.95 Å². The molecule has 1 aliphatic rings. The van der Waals surface area contributed by atoms with Crippen LogP contribution in [0.1, 0.15) is 19.4 Å². The van der Waals surface area contributed by atoms with Crippen LogP contribution < -0.4 is 10.2 Å². The van der Waals surface area contributed by atoms with Gasteiger partial charge in [-0.2, -0.15) is 0 Å². The minimum atomic E-state index is 0.163. The Labute approximate surface area is 168 Å². The molecule has 0 saturated carbocycles. The molecule has 2 aromatic heterocycles. The molecule has 0 bridgehead atoms. The fourth-order valence-electron chi connectivity index (χ4n) is 3.40. The molecule has 4 rings (SSSR count). The molecule has 0 spiro atoms. The maximum absolute atomic E-state index is 10.5. The number of rotatable bonds is 4. The lowest BCUT2D eigenvalue weighted by atomic mass is 10.0. The Balaban J connectivity index is 1.55. The van der Waals surface area contributed by atoms with E-state index in [1.807, 2.05) is 25.3 Å². The van der Waals surface area contributed by atoms with E-state index >= 15 is 0 Å². The van der Waals surface area contributed by atoms with Gasteiger partial charge in [-0.15, -0.1) is 10.2 Å². The molecule has 8 heteroatoms. The van der Waals surface area contributed by atoms with Crippen molar-refractivity contribution in [2.45, 2.75) is 26.8 Å². The van der Waals surface area contributed by atoms with Gasteiger partial charge in [-0.05, 0) is 47.6 Å². The van der Waals surface area contributed by atoms with Crippen molar-refractivity contribution in [2.24, 2.45) is 5.92 Å². The van der Waals surface area contributed by atoms with E-state index in [1.165, 1.54) is 11.5 Å². The molecule has 7 nitrogen and oxygen atoms in total. The van der Waals surface area contributed by atoms with E-state index in [4.69, 9.17) is 0 Å². The van der Waals surface area contributed by atoms with E-state index in [0.29, 0.717) is 29.2 Å². The van der Waals surface area contributed by atoms with Gasteiger partial charge < -0.3 is 15.3 Å². The maximum Gasteiger partial charge on any atom is 0.245 e. The van der Waals surface area contributed by atoms with Crippen LogP contribution in [0.25, 0.3) is 21.7 Å². The van der Waals surface area contributed by atoms with Crippen LogP contribution in [0, 0.1) is 12.8 Å². The Morgan fingerprint density at radius 3 is 2.75 bits per heavy atom. The number of phenols is 1. The summed E-state index contributed by atoms with van der Waals surface area (Å²) in [5.41, 5.74) is 3.22. The van der Waals surface area contributed by atoms with E-state index < -0.39 is 0 Å². The first-order chi connectivity index (χ1) is 13.5. The fourth-order valence-corrected chi connectivity index (χ4v) is 4.15. The number of hydrogen-bond acceptors (Lipinski definition) is 8. The quantitative estimate of drug-likeness (QED) is 0.701. The molecule has 1 aromatic carbocycles. The van der Waals surface area contributed by atoms with E-state index in [9.17, 15) is 5.11 Å². The Kier molecular flexibility index (Phi) is 5.23. The van der Waals surface area contributed by atoms with Crippen LogP contribution in [-0.2, 0) is 0 Å². The topological polar surface area (TPSA) is 87.1 Å². The minimum absolute atomic E-state index is 0.163. The zero-order chi connectivity index (χ0) is 19.7. The van der Waals surface area contributed by atoms with Crippen molar-refractivity contribution in [2.75, 3.05) is 24.5 Å². The van der Waals surface area contributed by atoms with E-state index in [0.717, 1.165) is 35.6 Å². The van der Waals surface area contributed by atoms with Gasteiger partial charge in [0.2, 0.25) is 5.95 Å². The second-order valence-corrected chi connectivity index (χ2v) is 8.27. The van der Waals surface area contributed by atoms with Crippen LogP contribution in [0.5, 0.6) is 5.75 Å². The third kappa shape index (κ3) is 3.70. The summed E-state index contributed by atoms with van der Waals surface area (Å²) < 4.78 is 4.20. The first kappa shape index (κ1) is 18.8. The van der Waals surface area contributed by atoms with Gasteiger partial charge in [0.25, 0.3) is 0 Å². The van der Waals surface area contributed by atoms with Crippen molar-refractivity contribution in [3.05, 3.63) is 36.2 Å². The molecular formula is C20H24N6OS. The molecule has 2 N–H and O–H groups in total. The summed E-state index contributed by atoms with van der Waals surface area (Å²) in [5.74, 6) is 1.34. The highest BCUT2D eigenvalue weighted by Gasteiger charge is 2.23. The largest absolute Gasteiger partial charge is 0.507 e. The molecule has 0 aliphatic carbocycles. The molecule has 1 saturated heterocycles. The summed E-state index contributed by atoms with van der Waals surface area (Å²) >= 11 is 1.42. The van der Waals surface area contributed by atoms with Gasteiger partial charge >= 0.3 is 0 Å². The molecule has 0 unspecified atom stereocenters. The predicted molar refractivity (Wildman–Crippen MR) is 112 cm³/mol. The zero-order valence-electron chi connectivity index (χ0n) is 16.3. The summed E-state index contributed by atoms with van der Waals surface area (Å²) in [7, 11) is 0. The fraction of sp³-hybridized carbons (Fsp3) is 0.400. The first-order valence-corrected chi connectivity index (χ1v) is 10.2. The van der Waals surface area contributed by atoms with Crippen molar-refractivity contribution >= 4 is 17.5 Å². The van der Waals surface area contributed by atoms with E-state index in [2.05, 4.69) is 43.6 Å². The second kappa shape index (κ2) is 7.81. The molecule has 0 radical (unpaired) electrons. The Morgan fingerprint density at radius 2 is 2.11 bits per heavy atom. The normalized spacial score (nSPS) is 17.3. The van der Waals surface area contributed by atoms with Gasteiger partial charge in [-0.25, -0.2) is 9.36 Å². The lowest BCUT2D eigenvalue weighted by Gasteiger charge is -2.35. The van der Waals surface area contributed by atoms with E-state index in [1.54, 1.807) is 12.3 Å². The van der Waals surface area contributed by atoms with Crippen molar-refractivity contribution in [1.29, 1.82) is 0 Å². The number of phenolic OH excluding ortho intramolecular Hbond substituents is 1. The van der Waals surface area contributed by atoms with Crippen LogP contribution in [-0.4, -0.2) is 50.3 Å². The molecular weight excluding hydrogens is 372 g/mol. The Bertz CT molecular complexity index is 956. The lowest BCUT2D eigenvalue weighted by molar-refractivity contribution is 0.365. The number of aromatic hydroxyl groups is 1. The van der Waals surface area contributed by atoms with Crippen LogP contribution >= 0.6 is 11.5 Å². The van der Waals surface area contributed by atoms with Crippen molar-refractivity contribution < 1.29 is 5.11 Å². The summed E-state index contributed by atoms with van der Waals surface area (Å²) in [5, 5.41) is 22.7. The summed E-state index contributed by atoms with van der Waals surface area (Å²) in [6, 6.07) is 5.99. The van der Waals surface area contributed by atoms with Gasteiger partial charge in [-0.1, -0.05) is 19.9 Å². The highest BCUT2D eigenvalue weighted by atomic mass is 32.1. The number of aromatic nitrogens is 4. The van der Waals surface area contributed by atoms with Gasteiger partial charge in [0, 0.05) is 37.4 Å². The molecule has 0 amide bonds. The van der Waals surface area contributed by atoms with Gasteiger partial charge in [-0.3, -0.25) is 0 Å². The predicted octanol–water partition coefficient (Wildman–Crippen LogP) is 3.11. The number of hydrogen-bond donors (Lipinski definition) is 2. The summed E-state index contributed by atoms with van der Waals surface area (Å²) in [6.07, 6.45) is 3.51. The molecule has 28 heavy (non-hydrogen) atoms. The van der Waals surface area contributed by atoms with Crippen LogP contribution in [0.15, 0.2) is 30.6 Å². The van der Waals surface area contributed by atoms with Crippen LogP contribution in [0.3, 0.4) is 0 Å². The van der Waals surface area contributed by atoms with Gasteiger partial charge in [0.15, 0.2) is 0 Å². The monoisotopic (exact) mass is 396 g/mol. The summed E-state index contributed by atoms with van der Waals surface area (Å²) in [6.45, 7) is 9.07. The lowest BCUT2D eigenvalue weighted by Crippen LogP contribution is -2.53. The smallest absolute Gasteiger partial charge is 0.245 e. The number of benzene rings is 1. The van der Waals surface area contributed by atoms with Crippen molar-refractivity contribution in [3.8, 4) is 27.4 Å². The molecule has 1 aliphatic heterocycles. The number of nitrogens with one attached hydrogen (secondary N) is 1. The van der Waals surface area contributed by atoms with Crippen molar-refractivity contribution in [3.63, 3.8) is 0 Å².